The number of amides is 1. The highest BCUT2D eigenvalue weighted by atomic mass is 16.4. The largest absolute Gasteiger partial charge is 0.465 e. The summed E-state index contributed by atoms with van der Waals surface area (Å²) in [7, 11) is 1.55. The fourth-order valence-corrected chi connectivity index (χ4v) is 5.39. The third kappa shape index (κ3) is 4.24. The highest BCUT2D eigenvalue weighted by Gasteiger charge is 2.44. The fourth-order valence-electron chi connectivity index (χ4n) is 5.39. The van der Waals surface area contributed by atoms with E-state index in [1.54, 1.807) is 41.9 Å². The summed E-state index contributed by atoms with van der Waals surface area (Å²) in [6, 6.07) is 8.50. The lowest BCUT2D eigenvalue weighted by Gasteiger charge is -2.25. The van der Waals surface area contributed by atoms with Gasteiger partial charge in [-0.05, 0) is 20.3 Å². The lowest BCUT2D eigenvalue weighted by molar-refractivity contribution is 0.0968. The van der Waals surface area contributed by atoms with Gasteiger partial charge in [0, 0.05) is 44.7 Å². The van der Waals surface area contributed by atoms with Crippen molar-refractivity contribution in [2.75, 3.05) is 24.5 Å². The van der Waals surface area contributed by atoms with Gasteiger partial charge >= 0.3 is 11.8 Å². The number of carboxylic acid groups (broad SMARTS) is 1. The summed E-state index contributed by atoms with van der Waals surface area (Å²) in [5.41, 5.74) is 0.770. The smallest absolute Gasteiger partial charge is 0.407 e. The van der Waals surface area contributed by atoms with Crippen LogP contribution in [-0.2, 0) is 20.1 Å². The van der Waals surface area contributed by atoms with Crippen LogP contribution in [0.3, 0.4) is 0 Å². The first-order valence-corrected chi connectivity index (χ1v) is 12.3. The number of carbonyl (C=O) groups is 2. The molecule has 0 aliphatic carbocycles. The van der Waals surface area contributed by atoms with E-state index in [0.717, 1.165) is 16.6 Å². The minimum absolute atomic E-state index is 0.0581. The van der Waals surface area contributed by atoms with Gasteiger partial charge in [-0.1, -0.05) is 42.0 Å². The van der Waals surface area contributed by atoms with Gasteiger partial charge in [0.1, 0.15) is 0 Å². The number of benzene rings is 1. The maximum absolute atomic E-state index is 13.7. The van der Waals surface area contributed by atoms with Gasteiger partial charge in [-0.25, -0.2) is 9.59 Å². The Hall–Kier alpha value is -4.15. The van der Waals surface area contributed by atoms with Crippen LogP contribution in [0.1, 0.15) is 30.6 Å². The molecule has 0 bridgehead atoms. The zero-order chi connectivity index (χ0) is 26.4. The third-order valence-corrected chi connectivity index (χ3v) is 7.37. The number of aromatic nitrogens is 4. The van der Waals surface area contributed by atoms with E-state index in [2.05, 4.69) is 4.90 Å². The Bertz CT molecular complexity index is 1530. The number of Topliss-reactive ketones (excluding diaryl/α,β-unsaturated/α-hetero) is 1. The van der Waals surface area contributed by atoms with Crippen molar-refractivity contribution in [3.63, 3.8) is 0 Å². The zero-order valence-corrected chi connectivity index (χ0v) is 21.1. The minimum Gasteiger partial charge on any atom is -0.465 e. The third-order valence-electron chi connectivity index (χ3n) is 7.37. The van der Waals surface area contributed by atoms with Crippen molar-refractivity contribution in [3.05, 3.63) is 68.4 Å². The second-order valence-corrected chi connectivity index (χ2v) is 10.00. The zero-order valence-electron chi connectivity index (χ0n) is 21.1. The van der Waals surface area contributed by atoms with Crippen molar-refractivity contribution in [2.45, 2.75) is 39.4 Å². The molecule has 37 heavy (non-hydrogen) atoms. The molecular formula is C26H30N6O5. The topological polar surface area (TPSA) is 123 Å². The number of carbonyl (C=O) groups excluding carboxylic acids is 1. The maximum Gasteiger partial charge on any atom is 0.407 e. The van der Waals surface area contributed by atoms with Crippen LogP contribution in [0.15, 0.2) is 51.6 Å². The van der Waals surface area contributed by atoms with Gasteiger partial charge in [0.15, 0.2) is 16.9 Å². The molecule has 11 nitrogen and oxygen atoms in total. The summed E-state index contributed by atoms with van der Waals surface area (Å²) in [5.74, 6) is 0.375. The number of ketones is 1. The summed E-state index contributed by atoms with van der Waals surface area (Å²) in [4.78, 5) is 59.7. The van der Waals surface area contributed by atoms with E-state index in [0.29, 0.717) is 37.7 Å². The Balaban J connectivity index is 1.64. The van der Waals surface area contributed by atoms with Crippen LogP contribution in [0.25, 0.3) is 11.2 Å². The lowest BCUT2D eigenvalue weighted by Crippen LogP contribution is -2.41. The molecule has 1 amide bonds. The van der Waals surface area contributed by atoms with Crippen LogP contribution in [0.4, 0.5) is 10.7 Å². The average Bonchev–Trinajstić information content (AvgIpc) is 3.57. The molecule has 0 unspecified atom stereocenters. The van der Waals surface area contributed by atoms with Gasteiger partial charge in [0.2, 0.25) is 5.95 Å². The van der Waals surface area contributed by atoms with Crippen molar-refractivity contribution in [1.82, 2.24) is 23.6 Å². The average molecular weight is 507 g/mol. The van der Waals surface area contributed by atoms with Crippen LogP contribution >= 0.6 is 0 Å². The number of hydrogen-bond acceptors (Lipinski definition) is 6. The predicted octanol–water partition coefficient (Wildman–Crippen LogP) is 1.93. The highest BCUT2D eigenvalue weighted by Crippen LogP contribution is 2.35. The Labute approximate surface area is 212 Å². The van der Waals surface area contributed by atoms with E-state index < -0.39 is 17.3 Å². The Morgan fingerprint density at radius 3 is 2.51 bits per heavy atom. The second-order valence-electron chi connectivity index (χ2n) is 10.00. The number of imidazole rings is 1. The number of aryl methyl sites for hydroxylation is 1. The maximum atomic E-state index is 13.7. The number of fused-ring (bicyclic) bond motifs is 2. The number of nitrogens with zero attached hydrogens (tertiary/aromatic N) is 6. The van der Waals surface area contributed by atoms with Gasteiger partial charge in [-0.3, -0.25) is 18.7 Å². The summed E-state index contributed by atoms with van der Waals surface area (Å²) >= 11 is 0. The molecule has 1 N–H and O–H groups in total. The van der Waals surface area contributed by atoms with Crippen molar-refractivity contribution in [1.29, 1.82) is 0 Å². The van der Waals surface area contributed by atoms with Gasteiger partial charge < -0.3 is 19.5 Å². The molecule has 11 heteroatoms. The van der Waals surface area contributed by atoms with Gasteiger partial charge in [0.25, 0.3) is 5.56 Å². The quantitative estimate of drug-likeness (QED) is 0.400. The molecule has 2 fully saturated rings. The molecule has 2 saturated heterocycles. The molecule has 2 aliphatic rings. The summed E-state index contributed by atoms with van der Waals surface area (Å²) < 4.78 is 4.07. The SMILES string of the molecule is CC(C)=CCn1c(N2CC[C@H]3CN(C(=O)O)C[C@H]32)nc2c1c(=O)n(CC(=O)c1ccccc1)c(=O)n2C. The molecular weight excluding hydrogens is 476 g/mol. The summed E-state index contributed by atoms with van der Waals surface area (Å²) in [6.07, 6.45) is 1.84. The number of rotatable bonds is 6. The van der Waals surface area contributed by atoms with E-state index in [4.69, 9.17) is 4.98 Å². The van der Waals surface area contributed by atoms with Gasteiger partial charge in [0.05, 0.1) is 12.6 Å². The number of allylic oxidation sites excluding steroid dienone is 2. The Morgan fingerprint density at radius 1 is 1.11 bits per heavy atom. The van der Waals surface area contributed by atoms with Gasteiger partial charge in [-0.15, -0.1) is 0 Å². The highest BCUT2D eigenvalue weighted by molar-refractivity contribution is 5.96. The molecule has 194 valence electrons. The Morgan fingerprint density at radius 2 is 1.84 bits per heavy atom. The molecule has 5 rings (SSSR count). The first kappa shape index (κ1) is 24.5. The van der Waals surface area contributed by atoms with Crippen LogP contribution in [0.5, 0.6) is 0 Å². The first-order valence-electron chi connectivity index (χ1n) is 12.3. The molecule has 0 spiro atoms. The molecule has 0 saturated carbocycles. The normalized spacial score (nSPS) is 18.9. The second kappa shape index (κ2) is 9.38. The van der Waals surface area contributed by atoms with E-state index in [9.17, 15) is 24.3 Å². The predicted molar refractivity (Wildman–Crippen MR) is 138 cm³/mol. The number of likely N-dealkylation sites (tertiary alicyclic amines) is 1. The number of anilines is 1. The van der Waals surface area contributed by atoms with Crippen molar-refractivity contribution in [3.8, 4) is 0 Å². The molecule has 0 radical (unpaired) electrons. The summed E-state index contributed by atoms with van der Waals surface area (Å²) in [6.45, 7) is 5.40. The molecule has 4 heterocycles. The van der Waals surface area contributed by atoms with Crippen LogP contribution in [-0.4, -0.2) is 66.2 Å². The monoisotopic (exact) mass is 506 g/mol. The van der Waals surface area contributed by atoms with Crippen molar-refractivity contribution < 1.29 is 14.7 Å². The van der Waals surface area contributed by atoms with Crippen molar-refractivity contribution >= 4 is 29.0 Å². The fraction of sp³-hybridized carbons (Fsp3) is 0.423. The van der Waals surface area contributed by atoms with Gasteiger partial charge in [-0.2, -0.15) is 4.98 Å². The van der Waals surface area contributed by atoms with Crippen LogP contribution < -0.4 is 16.1 Å². The molecule has 1 aromatic carbocycles. The standard InChI is InChI=1S/C26H30N6O5/c1-16(2)9-11-31-21-22(27-24(31)30-12-10-18-13-29(26(36)37)14-19(18)30)28(3)25(35)32(23(21)34)15-20(33)17-7-5-4-6-8-17/h4-9,18-19H,10-15H2,1-3H3,(H,36,37)/t18-,19+/m0/s1. The van der Waals surface area contributed by atoms with Crippen LogP contribution in [0.2, 0.25) is 0 Å². The molecule has 2 aliphatic heterocycles. The summed E-state index contributed by atoms with van der Waals surface area (Å²) in [5, 5.41) is 9.50. The Kier molecular flexibility index (Phi) is 6.22. The molecule has 2 atom stereocenters. The molecule has 3 aromatic rings. The lowest BCUT2D eigenvalue weighted by atomic mass is 10.1. The minimum atomic E-state index is -0.944. The van der Waals surface area contributed by atoms with E-state index >= 15 is 0 Å². The van der Waals surface area contributed by atoms with E-state index in [-0.39, 0.29) is 35.5 Å². The van der Waals surface area contributed by atoms with E-state index in [1.165, 1.54) is 9.47 Å². The van der Waals surface area contributed by atoms with Crippen LogP contribution in [0, 0.1) is 5.92 Å². The first-order chi connectivity index (χ1) is 17.7. The van der Waals surface area contributed by atoms with E-state index in [1.807, 2.05) is 19.9 Å². The molecule has 2 aromatic heterocycles. The van der Waals surface area contributed by atoms with Crippen molar-refractivity contribution in [2.24, 2.45) is 13.0 Å². The number of hydrogen-bond donors (Lipinski definition) is 1.